The van der Waals surface area contributed by atoms with Crippen LogP contribution < -0.4 is 5.32 Å². The van der Waals surface area contributed by atoms with E-state index < -0.39 is 0 Å². The van der Waals surface area contributed by atoms with Crippen LogP contribution in [0.3, 0.4) is 0 Å². The summed E-state index contributed by atoms with van der Waals surface area (Å²) < 4.78 is 5.41. The minimum absolute atomic E-state index is 0.222. The van der Waals surface area contributed by atoms with E-state index in [0.29, 0.717) is 23.8 Å². The zero-order valence-corrected chi connectivity index (χ0v) is 13.2. The van der Waals surface area contributed by atoms with Crippen LogP contribution in [0.1, 0.15) is 24.1 Å². The third-order valence-corrected chi connectivity index (χ3v) is 5.75. The maximum absolute atomic E-state index is 12.8. The average Bonchev–Trinajstić information content (AvgIpc) is 3.46. The molecule has 23 heavy (non-hydrogen) atoms. The van der Waals surface area contributed by atoms with E-state index in [-0.39, 0.29) is 5.92 Å². The minimum Gasteiger partial charge on any atom is -0.381 e. The predicted molar refractivity (Wildman–Crippen MR) is 84.0 cm³/mol. The number of fused-ring (bicyclic) bond motifs is 2. The Hall–Kier alpha value is -1.69. The van der Waals surface area contributed by atoms with Gasteiger partial charge in [-0.2, -0.15) is 0 Å². The smallest absolute Gasteiger partial charge is 0.226 e. The van der Waals surface area contributed by atoms with Crippen LogP contribution in [0, 0.1) is 17.8 Å². The molecule has 0 aromatic carbocycles. The molecule has 0 spiro atoms. The van der Waals surface area contributed by atoms with Gasteiger partial charge in [-0.05, 0) is 31.1 Å². The molecule has 1 N–H and O–H groups in total. The number of rotatable bonds is 3. The number of nitrogens with one attached hydrogen (secondary N) is 1. The molecule has 2 aliphatic carbocycles. The van der Waals surface area contributed by atoms with Crippen molar-refractivity contribution in [3.05, 3.63) is 17.6 Å². The summed E-state index contributed by atoms with van der Waals surface area (Å²) in [5.74, 6) is 2.52. The summed E-state index contributed by atoms with van der Waals surface area (Å²) in [7, 11) is 0. The highest BCUT2D eigenvalue weighted by molar-refractivity contribution is 5.82. The molecular formula is C17H22N4O2. The molecule has 5 rings (SSSR count). The third kappa shape index (κ3) is 2.40. The van der Waals surface area contributed by atoms with Gasteiger partial charge < -0.3 is 15.0 Å². The largest absolute Gasteiger partial charge is 0.381 e. The van der Waals surface area contributed by atoms with Crippen LogP contribution in [-0.4, -0.2) is 53.1 Å². The molecule has 6 heteroatoms. The number of nitrogens with zero attached hydrogens (tertiary/aromatic N) is 3. The number of carbonyl (C=O) groups excluding carboxylic acids is 1. The molecule has 1 aromatic rings. The molecule has 1 aromatic heterocycles. The Kier molecular flexibility index (Phi) is 3.08. The molecule has 0 radical (unpaired) electrons. The molecule has 1 saturated heterocycles. The summed E-state index contributed by atoms with van der Waals surface area (Å²) in [4.78, 5) is 23.7. The lowest BCUT2D eigenvalue weighted by atomic mass is 10.1. The molecular weight excluding hydrogens is 292 g/mol. The van der Waals surface area contributed by atoms with Crippen LogP contribution in [0.2, 0.25) is 0 Å². The highest BCUT2D eigenvalue weighted by Crippen LogP contribution is 2.51. The van der Waals surface area contributed by atoms with Gasteiger partial charge in [-0.3, -0.25) is 4.79 Å². The number of ether oxygens (including phenoxy) is 1. The van der Waals surface area contributed by atoms with Crippen LogP contribution in [0.5, 0.6) is 0 Å². The second-order valence-electron chi connectivity index (χ2n) is 7.28. The summed E-state index contributed by atoms with van der Waals surface area (Å²) in [6, 6.07) is 0.584. The first-order chi connectivity index (χ1) is 11.3. The SMILES string of the molecule is O=C(C1[C@H]2COC[C@@H]12)N1CCc2ncnc(NC3CC3)c2CC1. The summed E-state index contributed by atoms with van der Waals surface area (Å²) >= 11 is 0. The highest BCUT2D eigenvalue weighted by Gasteiger charge is 2.58. The van der Waals surface area contributed by atoms with Crippen molar-refractivity contribution in [1.82, 2.24) is 14.9 Å². The number of carbonyl (C=O) groups is 1. The maximum atomic E-state index is 12.8. The topological polar surface area (TPSA) is 67.3 Å². The Balaban J connectivity index is 1.31. The van der Waals surface area contributed by atoms with Crippen molar-refractivity contribution in [2.45, 2.75) is 31.7 Å². The number of amides is 1. The van der Waals surface area contributed by atoms with Gasteiger partial charge in [-0.1, -0.05) is 0 Å². The molecule has 3 heterocycles. The molecule has 122 valence electrons. The van der Waals surface area contributed by atoms with E-state index in [2.05, 4.69) is 15.3 Å². The zero-order valence-electron chi connectivity index (χ0n) is 13.2. The zero-order chi connectivity index (χ0) is 15.4. The van der Waals surface area contributed by atoms with Crippen LogP contribution >= 0.6 is 0 Å². The van der Waals surface area contributed by atoms with Crippen molar-refractivity contribution in [1.29, 1.82) is 0 Å². The summed E-state index contributed by atoms with van der Waals surface area (Å²) in [5.41, 5.74) is 2.33. The average molecular weight is 314 g/mol. The Morgan fingerprint density at radius 2 is 1.96 bits per heavy atom. The van der Waals surface area contributed by atoms with Gasteiger partial charge in [0.2, 0.25) is 5.91 Å². The number of hydrogen-bond donors (Lipinski definition) is 1. The number of hydrogen-bond acceptors (Lipinski definition) is 5. The van der Waals surface area contributed by atoms with Crippen molar-refractivity contribution in [2.75, 3.05) is 31.6 Å². The minimum atomic E-state index is 0.222. The maximum Gasteiger partial charge on any atom is 0.226 e. The standard InChI is InChI=1S/C17H22N4O2/c22-17(15-12-7-23-8-13(12)15)21-5-3-11-14(4-6-21)18-9-19-16(11)20-10-1-2-10/h9-10,12-13,15H,1-8H2,(H,18,19,20)/t12-,13+,15?. The van der Waals surface area contributed by atoms with Gasteiger partial charge >= 0.3 is 0 Å². The Morgan fingerprint density at radius 1 is 1.17 bits per heavy atom. The molecule has 1 amide bonds. The van der Waals surface area contributed by atoms with E-state index in [1.165, 1.54) is 18.4 Å². The Bertz CT molecular complexity index is 635. The van der Waals surface area contributed by atoms with Gasteiger partial charge in [-0.25, -0.2) is 9.97 Å². The van der Waals surface area contributed by atoms with E-state index in [1.54, 1.807) is 6.33 Å². The Labute approximate surface area is 135 Å². The number of anilines is 1. The second kappa shape index (κ2) is 5.16. The van der Waals surface area contributed by atoms with Gasteiger partial charge in [0.15, 0.2) is 0 Å². The lowest BCUT2D eigenvalue weighted by Crippen LogP contribution is -2.36. The molecule has 6 nitrogen and oxygen atoms in total. The van der Waals surface area contributed by atoms with Gasteiger partial charge in [0.1, 0.15) is 12.1 Å². The Morgan fingerprint density at radius 3 is 2.74 bits per heavy atom. The van der Waals surface area contributed by atoms with Gasteiger partial charge in [0.05, 0.1) is 18.9 Å². The fraction of sp³-hybridized carbons (Fsp3) is 0.706. The normalized spacial score (nSPS) is 32.0. The first-order valence-corrected chi connectivity index (χ1v) is 8.77. The van der Waals surface area contributed by atoms with Crippen molar-refractivity contribution in [3.63, 3.8) is 0 Å². The molecule has 3 fully saturated rings. The van der Waals surface area contributed by atoms with E-state index in [0.717, 1.165) is 50.7 Å². The van der Waals surface area contributed by atoms with Crippen molar-refractivity contribution >= 4 is 11.7 Å². The highest BCUT2D eigenvalue weighted by atomic mass is 16.5. The predicted octanol–water partition coefficient (Wildman–Crippen LogP) is 0.870. The molecule has 2 saturated carbocycles. The van der Waals surface area contributed by atoms with Gasteiger partial charge in [0.25, 0.3) is 0 Å². The van der Waals surface area contributed by atoms with Crippen LogP contribution in [-0.2, 0) is 22.4 Å². The summed E-state index contributed by atoms with van der Waals surface area (Å²) in [5, 5.41) is 3.51. The number of aromatic nitrogens is 2. The monoisotopic (exact) mass is 314 g/mol. The molecule has 3 atom stereocenters. The second-order valence-corrected chi connectivity index (χ2v) is 7.28. The van der Waals surface area contributed by atoms with Crippen molar-refractivity contribution in [3.8, 4) is 0 Å². The molecule has 4 aliphatic rings. The fourth-order valence-corrected chi connectivity index (χ4v) is 4.11. The van der Waals surface area contributed by atoms with Crippen molar-refractivity contribution < 1.29 is 9.53 Å². The fourth-order valence-electron chi connectivity index (χ4n) is 4.11. The summed E-state index contributed by atoms with van der Waals surface area (Å²) in [6.07, 6.45) is 5.81. The lowest BCUT2D eigenvalue weighted by Gasteiger charge is -2.21. The first-order valence-electron chi connectivity index (χ1n) is 8.77. The molecule has 0 bridgehead atoms. The lowest BCUT2D eigenvalue weighted by molar-refractivity contribution is -0.133. The van der Waals surface area contributed by atoms with Gasteiger partial charge in [0, 0.05) is 37.0 Å². The summed E-state index contributed by atoms with van der Waals surface area (Å²) in [6.45, 7) is 3.12. The molecule has 2 aliphatic heterocycles. The van der Waals surface area contributed by atoms with E-state index >= 15 is 0 Å². The van der Waals surface area contributed by atoms with Crippen LogP contribution in [0.15, 0.2) is 6.33 Å². The van der Waals surface area contributed by atoms with Gasteiger partial charge in [-0.15, -0.1) is 0 Å². The van der Waals surface area contributed by atoms with Crippen molar-refractivity contribution in [2.24, 2.45) is 17.8 Å². The molecule has 1 unspecified atom stereocenters. The van der Waals surface area contributed by atoms with Crippen LogP contribution in [0.25, 0.3) is 0 Å². The van der Waals surface area contributed by atoms with E-state index in [9.17, 15) is 4.79 Å². The van der Waals surface area contributed by atoms with E-state index in [4.69, 9.17) is 4.74 Å². The van der Waals surface area contributed by atoms with Crippen LogP contribution in [0.4, 0.5) is 5.82 Å². The first kappa shape index (κ1) is 13.7. The van der Waals surface area contributed by atoms with E-state index in [1.807, 2.05) is 4.90 Å². The quantitative estimate of drug-likeness (QED) is 0.897. The third-order valence-electron chi connectivity index (χ3n) is 5.75.